The lowest BCUT2D eigenvalue weighted by Gasteiger charge is -2.33. The van der Waals surface area contributed by atoms with Gasteiger partial charge in [0.2, 0.25) is 0 Å². The number of nitrogens with zero attached hydrogens (tertiary/aromatic N) is 3. The van der Waals surface area contributed by atoms with E-state index in [0.717, 1.165) is 31.6 Å². The summed E-state index contributed by atoms with van der Waals surface area (Å²) in [4.78, 5) is 22.4. The van der Waals surface area contributed by atoms with Crippen LogP contribution >= 0.6 is 11.6 Å². The molecule has 0 aromatic carbocycles. The van der Waals surface area contributed by atoms with Crippen LogP contribution in [0.4, 0.5) is 4.79 Å². The topological polar surface area (TPSA) is 67.3 Å². The van der Waals surface area contributed by atoms with Crippen molar-refractivity contribution in [3.63, 3.8) is 0 Å². The van der Waals surface area contributed by atoms with E-state index in [0.29, 0.717) is 11.7 Å². The maximum absolute atomic E-state index is 11.8. The second-order valence-corrected chi connectivity index (χ2v) is 6.94. The first-order valence-corrected chi connectivity index (χ1v) is 7.88. The average molecular weight is 327 g/mol. The van der Waals surface area contributed by atoms with Crippen LogP contribution in [-0.4, -0.2) is 45.7 Å². The van der Waals surface area contributed by atoms with Crippen molar-refractivity contribution in [2.24, 2.45) is 0 Å². The second kappa shape index (κ2) is 7.24. The van der Waals surface area contributed by atoms with E-state index in [1.165, 1.54) is 0 Å². The lowest BCUT2D eigenvalue weighted by Crippen LogP contribution is -2.48. The minimum atomic E-state index is -0.475. The zero-order valence-corrected chi connectivity index (χ0v) is 14.1. The summed E-state index contributed by atoms with van der Waals surface area (Å²) in [6, 6.07) is 0.101. The molecule has 122 valence electrons. The number of ether oxygens (including phenoxy) is 1. The Kier molecular flexibility index (Phi) is 5.58. The van der Waals surface area contributed by atoms with E-state index < -0.39 is 5.60 Å². The summed E-state index contributed by atoms with van der Waals surface area (Å²) < 4.78 is 5.30. The summed E-state index contributed by atoms with van der Waals surface area (Å²) in [6.07, 6.45) is 4.87. The number of rotatable bonds is 3. The fourth-order valence-corrected chi connectivity index (χ4v) is 2.54. The van der Waals surface area contributed by atoms with Crippen LogP contribution in [0.2, 0.25) is 5.15 Å². The number of nitrogens with one attached hydrogen (secondary N) is 1. The summed E-state index contributed by atoms with van der Waals surface area (Å²) in [5.41, 5.74) is 0.402. The first-order valence-electron chi connectivity index (χ1n) is 7.50. The first-order chi connectivity index (χ1) is 10.3. The van der Waals surface area contributed by atoms with Gasteiger partial charge in [-0.25, -0.2) is 9.78 Å². The van der Waals surface area contributed by atoms with Gasteiger partial charge < -0.3 is 10.1 Å². The molecule has 7 heteroatoms. The monoisotopic (exact) mass is 326 g/mol. The predicted molar refractivity (Wildman–Crippen MR) is 84.7 cm³/mol. The maximum Gasteiger partial charge on any atom is 0.407 e. The SMILES string of the molecule is CC(C)(C)OC(=O)NC1CCCN(Cc2cnc(Cl)cn2)C1. The molecule has 1 amide bonds. The van der Waals surface area contributed by atoms with Crippen molar-refractivity contribution in [3.8, 4) is 0 Å². The number of alkyl carbamates (subject to hydrolysis) is 1. The van der Waals surface area contributed by atoms with Crippen molar-refractivity contribution < 1.29 is 9.53 Å². The lowest BCUT2D eigenvalue weighted by molar-refractivity contribution is 0.0470. The lowest BCUT2D eigenvalue weighted by atomic mass is 10.1. The molecule has 0 saturated carbocycles. The number of halogens is 1. The summed E-state index contributed by atoms with van der Waals surface area (Å²) in [7, 11) is 0. The van der Waals surface area contributed by atoms with E-state index in [9.17, 15) is 4.79 Å². The molecule has 0 bridgehead atoms. The van der Waals surface area contributed by atoms with Crippen LogP contribution in [0.5, 0.6) is 0 Å². The smallest absolute Gasteiger partial charge is 0.407 e. The molecule has 1 aromatic rings. The highest BCUT2D eigenvalue weighted by Gasteiger charge is 2.24. The molecule has 0 radical (unpaired) electrons. The molecule has 1 unspecified atom stereocenters. The Hall–Kier alpha value is -1.40. The Morgan fingerprint density at radius 1 is 1.45 bits per heavy atom. The van der Waals surface area contributed by atoms with Gasteiger partial charge in [-0.3, -0.25) is 9.88 Å². The van der Waals surface area contributed by atoms with Crippen LogP contribution in [-0.2, 0) is 11.3 Å². The van der Waals surface area contributed by atoms with Crippen LogP contribution < -0.4 is 5.32 Å². The molecular formula is C15H23ClN4O2. The van der Waals surface area contributed by atoms with Gasteiger partial charge in [0.1, 0.15) is 10.8 Å². The molecule has 22 heavy (non-hydrogen) atoms. The van der Waals surface area contributed by atoms with Crippen molar-refractivity contribution in [3.05, 3.63) is 23.2 Å². The van der Waals surface area contributed by atoms with Gasteiger partial charge in [-0.15, -0.1) is 0 Å². The first kappa shape index (κ1) is 17.0. The second-order valence-electron chi connectivity index (χ2n) is 6.55. The van der Waals surface area contributed by atoms with Gasteiger partial charge >= 0.3 is 6.09 Å². The number of carbonyl (C=O) groups is 1. The Bertz CT molecular complexity index is 501. The highest BCUT2D eigenvalue weighted by Crippen LogP contribution is 2.14. The standard InChI is InChI=1S/C15H23ClN4O2/c1-15(2,3)22-14(21)19-11-5-4-6-20(9-11)10-12-7-18-13(16)8-17-12/h7-8,11H,4-6,9-10H2,1-3H3,(H,19,21). The third-order valence-electron chi connectivity index (χ3n) is 3.29. The van der Waals surface area contributed by atoms with Crippen molar-refractivity contribution in [1.29, 1.82) is 0 Å². The zero-order chi connectivity index (χ0) is 16.2. The number of hydrogen-bond acceptors (Lipinski definition) is 5. The number of amides is 1. The van der Waals surface area contributed by atoms with Gasteiger partial charge in [0.25, 0.3) is 0 Å². The molecule has 1 N–H and O–H groups in total. The Balaban J connectivity index is 1.83. The van der Waals surface area contributed by atoms with Gasteiger partial charge in [-0.1, -0.05) is 11.6 Å². The minimum Gasteiger partial charge on any atom is -0.444 e. The predicted octanol–water partition coefficient (Wildman–Crippen LogP) is 2.62. The van der Waals surface area contributed by atoms with E-state index in [1.807, 2.05) is 20.8 Å². The summed E-state index contributed by atoms with van der Waals surface area (Å²) >= 11 is 5.74. The molecule has 1 aliphatic heterocycles. The Morgan fingerprint density at radius 3 is 2.86 bits per heavy atom. The molecule has 1 aromatic heterocycles. The number of aromatic nitrogens is 2. The molecule has 1 saturated heterocycles. The third kappa shape index (κ3) is 5.77. The van der Waals surface area contributed by atoms with E-state index >= 15 is 0 Å². The number of piperidine rings is 1. The number of carbonyl (C=O) groups excluding carboxylic acids is 1. The molecule has 1 fully saturated rings. The van der Waals surface area contributed by atoms with Crippen molar-refractivity contribution in [2.45, 2.75) is 51.8 Å². The van der Waals surface area contributed by atoms with Crippen molar-refractivity contribution in [1.82, 2.24) is 20.2 Å². The van der Waals surface area contributed by atoms with Crippen LogP contribution in [0, 0.1) is 0 Å². The fourth-order valence-electron chi connectivity index (χ4n) is 2.44. The summed E-state index contributed by atoms with van der Waals surface area (Å²) in [6.45, 7) is 8.05. The quantitative estimate of drug-likeness (QED) is 0.924. The van der Waals surface area contributed by atoms with E-state index in [2.05, 4.69) is 20.2 Å². The number of hydrogen-bond donors (Lipinski definition) is 1. The maximum atomic E-state index is 11.8. The van der Waals surface area contributed by atoms with Gasteiger partial charge in [0, 0.05) is 19.1 Å². The Morgan fingerprint density at radius 2 is 2.23 bits per heavy atom. The molecule has 2 rings (SSSR count). The highest BCUT2D eigenvalue weighted by atomic mass is 35.5. The van der Waals surface area contributed by atoms with Crippen molar-refractivity contribution in [2.75, 3.05) is 13.1 Å². The zero-order valence-electron chi connectivity index (χ0n) is 13.3. The average Bonchev–Trinajstić information content (AvgIpc) is 2.39. The summed E-state index contributed by atoms with van der Waals surface area (Å²) in [5, 5.41) is 3.34. The van der Waals surface area contributed by atoms with Crippen molar-refractivity contribution >= 4 is 17.7 Å². The molecular weight excluding hydrogens is 304 g/mol. The molecule has 1 atom stereocenters. The van der Waals surface area contributed by atoms with Crippen LogP contribution in [0.25, 0.3) is 0 Å². The van der Waals surface area contributed by atoms with Crippen LogP contribution in [0.3, 0.4) is 0 Å². The molecule has 0 spiro atoms. The molecule has 1 aliphatic rings. The van der Waals surface area contributed by atoms with E-state index in [1.54, 1.807) is 12.4 Å². The van der Waals surface area contributed by atoms with Gasteiger partial charge in [0.15, 0.2) is 0 Å². The summed E-state index contributed by atoms with van der Waals surface area (Å²) in [5.74, 6) is 0. The van der Waals surface area contributed by atoms with E-state index in [-0.39, 0.29) is 12.1 Å². The largest absolute Gasteiger partial charge is 0.444 e. The van der Waals surface area contributed by atoms with Gasteiger partial charge in [0.05, 0.1) is 18.1 Å². The van der Waals surface area contributed by atoms with Gasteiger partial charge in [-0.05, 0) is 40.2 Å². The molecule has 2 heterocycles. The van der Waals surface area contributed by atoms with Gasteiger partial charge in [-0.2, -0.15) is 0 Å². The fraction of sp³-hybridized carbons (Fsp3) is 0.667. The van der Waals surface area contributed by atoms with Crippen LogP contribution in [0.15, 0.2) is 12.4 Å². The minimum absolute atomic E-state index is 0.101. The normalized spacial score (nSPS) is 19.7. The number of likely N-dealkylation sites (tertiary alicyclic amines) is 1. The molecule has 6 nitrogen and oxygen atoms in total. The van der Waals surface area contributed by atoms with Crippen LogP contribution in [0.1, 0.15) is 39.3 Å². The van der Waals surface area contributed by atoms with E-state index in [4.69, 9.17) is 16.3 Å². The highest BCUT2D eigenvalue weighted by molar-refractivity contribution is 6.29. The molecule has 0 aliphatic carbocycles. The third-order valence-corrected chi connectivity index (χ3v) is 3.48. The Labute approximate surface area is 136 Å².